The van der Waals surface area contributed by atoms with Gasteiger partial charge in [0.1, 0.15) is 0 Å². The molecule has 1 saturated heterocycles. The molecule has 2 aromatic rings. The van der Waals surface area contributed by atoms with Crippen LogP contribution in [0.4, 0.5) is 0 Å². The van der Waals surface area contributed by atoms with Gasteiger partial charge in [-0.3, -0.25) is 4.79 Å². The van der Waals surface area contributed by atoms with E-state index in [1.165, 1.54) is 49.9 Å². The number of benzene rings is 2. The van der Waals surface area contributed by atoms with Gasteiger partial charge in [0.25, 0.3) is 5.91 Å². The molecule has 0 radical (unpaired) electrons. The molecule has 0 aliphatic carbocycles. The van der Waals surface area contributed by atoms with Crippen molar-refractivity contribution < 1.29 is 32.2 Å². The predicted octanol–water partition coefficient (Wildman–Crippen LogP) is 1.89. The van der Waals surface area contributed by atoms with E-state index in [0.717, 1.165) is 0 Å². The number of sulfonamides is 1. The topological polar surface area (TPSA) is 116 Å². The molecule has 0 bridgehead atoms. The third kappa shape index (κ3) is 5.44. The van der Waals surface area contributed by atoms with E-state index in [2.05, 4.69) is 10.5 Å². The van der Waals surface area contributed by atoms with Crippen LogP contribution in [0, 0.1) is 0 Å². The number of methoxy groups -OCH3 is 3. The van der Waals surface area contributed by atoms with Crippen LogP contribution in [0.25, 0.3) is 0 Å². The Hall–Kier alpha value is -3.15. The summed E-state index contributed by atoms with van der Waals surface area (Å²) in [7, 11) is 0.806. The van der Waals surface area contributed by atoms with Crippen molar-refractivity contribution in [3.63, 3.8) is 0 Å². The van der Waals surface area contributed by atoms with Crippen LogP contribution in [0.3, 0.4) is 0 Å². The maximum atomic E-state index is 12.9. The van der Waals surface area contributed by atoms with E-state index in [9.17, 15) is 13.2 Å². The summed E-state index contributed by atoms with van der Waals surface area (Å²) in [5.41, 5.74) is 3.77. The highest BCUT2D eigenvalue weighted by atomic mass is 32.2. The van der Waals surface area contributed by atoms with Crippen molar-refractivity contribution in [3.05, 3.63) is 47.5 Å². The molecule has 2 aromatic carbocycles. The van der Waals surface area contributed by atoms with Crippen LogP contribution in [0.5, 0.6) is 17.2 Å². The van der Waals surface area contributed by atoms with Gasteiger partial charge in [-0.25, -0.2) is 13.8 Å². The van der Waals surface area contributed by atoms with E-state index in [1.54, 1.807) is 19.1 Å². The minimum absolute atomic E-state index is 0.0439. The summed E-state index contributed by atoms with van der Waals surface area (Å²) in [5.74, 6) is 0.808. The van der Waals surface area contributed by atoms with Gasteiger partial charge in [-0.05, 0) is 37.3 Å². The van der Waals surface area contributed by atoms with Crippen molar-refractivity contribution in [2.24, 2.45) is 5.10 Å². The van der Waals surface area contributed by atoms with Gasteiger partial charge >= 0.3 is 0 Å². The molecule has 0 atom stereocenters. The lowest BCUT2D eigenvalue weighted by Gasteiger charge is -2.26. The Balaban J connectivity index is 1.80. The minimum Gasteiger partial charge on any atom is -0.493 e. The first kappa shape index (κ1) is 24.5. The highest BCUT2D eigenvalue weighted by Gasteiger charge is 2.27. The van der Waals surface area contributed by atoms with Gasteiger partial charge in [0.05, 0.1) is 45.2 Å². The fourth-order valence-electron chi connectivity index (χ4n) is 3.29. The van der Waals surface area contributed by atoms with E-state index in [4.69, 9.17) is 18.9 Å². The molecule has 1 aliphatic rings. The highest BCUT2D eigenvalue weighted by molar-refractivity contribution is 7.89. The number of morpholine rings is 1. The van der Waals surface area contributed by atoms with Crippen LogP contribution in [-0.4, -0.2) is 72.0 Å². The Morgan fingerprint density at radius 1 is 1.00 bits per heavy atom. The third-order valence-corrected chi connectivity index (χ3v) is 7.01. The number of hydrazone groups is 1. The van der Waals surface area contributed by atoms with Crippen molar-refractivity contribution in [2.45, 2.75) is 11.8 Å². The van der Waals surface area contributed by atoms with Crippen LogP contribution in [-0.2, 0) is 14.8 Å². The number of hydrogen-bond donors (Lipinski definition) is 1. The second-order valence-corrected chi connectivity index (χ2v) is 9.03. The van der Waals surface area contributed by atoms with Crippen molar-refractivity contribution in [1.29, 1.82) is 0 Å². The standard InChI is InChI=1S/C22H27N3O7S/c1-15(17-13-19(29-2)21(31-4)20(14-17)30-3)23-24-22(26)16-6-5-7-18(12-16)33(27,28)25-8-10-32-11-9-25/h5-7,12-14H,8-11H2,1-4H3,(H,24,26). The van der Waals surface area contributed by atoms with Crippen molar-refractivity contribution in [3.8, 4) is 17.2 Å². The summed E-state index contributed by atoms with van der Waals surface area (Å²) < 4.78 is 48.3. The molecule has 11 heteroatoms. The van der Waals surface area contributed by atoms with E-state index in [1.807, 2.05) is 0 Å². The molecule has 0 saturated carbocycles. The number of carbonyl (C=O) groups is 1. The normalized spacial score (nSPS) is 15.1. The van der Waals surface area contributed by atoms with Gasteiger partial charge in [-0.2, -0.15) is 9.41 Å². The monoisotopic (exact) mass is 477 g/mol. The van der Waals surface area contributed by atoms with E-state index in [0.29, 0.717) is 41.7 Å². The zero-order valence-electron chi connectivity index (χ0n) is 19.0. The number of ether oxygens (including phenoxy) is 4. The molecule has 178 valence electrons. The summed E-state index contributed by atoms with van der Waals surface area (Å²) in [6, 6.07) is 9.27. The largest absolute Gasteiger partial charge is 0.493 e. The number of carbonyl (C=O) groups excluding carboxylic acids is 1. The molecule has 33 heavy (non-hydrogen) atoms. The Kier molecular flexibility index (Phi) is 7.90. The molecule has 1 N–H and O–H groups in total. The van der Waals surface area contributed by atoms with E-state index in [-0.39, 0.29) is 23.5 Å². The van der Waals surface area contributed by atoms with Crippen molar-refractivity contribution in [2.75, 3.05) is 47.6 Å². The molecule has 0 aromatic heterocycles. The number of nitrogens with one attached hydrogen (secondary N) is 1. The van der Waals surface area contributed by atoms with Crippen LogP contribution < -0.4 is 19.6 Å². The van der Waals surface area contributed by atoms with Gasteiger partial charge < -0.3 is 18.9 Å². The molecular weight excluding hydrogens is 450 g/mol. The molecule has 3 rings (SSSR count). The first-order chi connectivity index (χ1) is 15.8. The molecule has 0 unspecified atom stereocenters. The SMILES string of the molecule is COc1cc(C(C)=NNC(=O)c2cccc(S(=O)(=O)N3CCOCC3)c2)cc(OC)c1OC. The van der Waals surface area contributed by atoms with Gasteiger partial charge in [0.2, 0.25) is 15.8 Å². The lowest BCUT2D eigenvalue weighted by molar-refractivity contribution is 0.0730. The average molecular weight is 478 g/mol. The Labute approximate surface area is 193 Å². The summed E-state index contributed by atoms with van der Waals surface area (Å²) in [4.78, 5) is 12.7. The summed E-state index contributed by atoms with van der Waals surface area (Å²) in [6.07, 6.45) is 0. The quantitative estimate of drug-likeness (QED) is 0.456. The van der Waals surface area contributed by atoms with Gasteiger partial charge in [0, 0.05) is 24.2 Å². The van der Waals surface area contributed by atoms with Crippen LogP contribution in [0.15, 0.2) is 46.4 Å². The predicted molar refractivity (Wildman–Crippen MR) is 122 cm³/mol. The number of rotatable bonds is 8. The van der Waals surface area contributed by atoms with Crippen LogP contribution >= 0.6 is 0 Å². The first-order valence-corrected chi connectivity index (χ1v) is 11.6. The van der Waals surface area contributed by atoms with Crippen molar-refractivity contribution in [1.82, 2.24) is 9.73 Å². The summed E-state index contributed by atoms with van der Waals surface area (Å²) in [6.45, 7) is 2.94. The van der Waals surface area contributed by atoms with Crippen molar-refractivity contribution >= 4 is 21.6 Å². The number of nitrogens with zero attached hydrogens (tertiary/aromatic N) is 2. The molecule has 1 aliphatic heterocycles. The Bertz CT molecular complexity index is 1120. The molecule has 1 heterocycles. The number of amides is 1. The zero-order chi connectivity index (χ0) is 24.0. The second kappa shape index (κ2) is 10.6. The second-order valence-electron chi connectivity index (χ2n) is 7.10. The lowest BCUT2D eigenvalue weighted by atomic mass is 10.1. The molecular formula is C22H27N3O7S. The minimum atomic E-state index is -3.72. The maximum Gasteiger partial charge on any atom is 0.271 e. The fourth-order valence-corrected chi connectivity index (χ4v) is 4.74. The lowest BCUT2D eigenvalue weighted by Crippen LogP contribution is -2.40. The maximum absolute atomic E-state index is 12.9. The molecule has 10 nitrogen and oxygen atoms in total. The van der Waals surface area contributed by atoms with Gasteiger partial charge in [-0.1, -0.05) is 6.07 Å². The zero-order valence-corrected chi connectivity index (χ0v) is 19.8. The third-order valence-electron chi connectivity index (χ3n) is 5.11. The molecule has 1 amide bonds. The molecule has 1 fully saturated rings. The summed E-state index contributed by atoms with van der Waals surface area (Å²) >= 11 is 0. The van der Waals surface area contributed by atoms with E-state index < -0.39 is 15.9 Å². The summed E-state index contributed by atoms with van der Waals surface area (Å²) in [5, 5.41) is 4.15. The fraction of sp³-hybridized carbons (Fsp3) is 0.364. The first-order valence-electron chi connectivity index (χ1n) is 10.1. The number of hydrogen-bond acceptors (Lipinski definition) is 8. The van der Waals surface area contributed by atoms with Crippen LogP contribution in [0.2, 0.25) is 0 Å². The Morgan fingerprint density at radius 3 is 2.21 bits per heavy atom. The molecule has 0 spiro atoms. The highest BCUT2D eigenvalue weighted by Crippen LogP contribution is 2.38. The van der Waals surface area contributed by atoms with Gasteiger partial charge in [0.15, 0.2) is 11.5 Å². The Morgan fingerprint density at radius 2 is 1.64 bits per heavy atom. The van der Waals surface area contributed by atoms with E-state index >= 15 is 0 Å². The smallest absolute Gasteiger partial charge is 0.271 e. The van der Waals surface area contributed by atoms with Crippen LogP contribution in [0.1, 0.15) is 22.8 Å². The average Bonchev–Trinajstić information content (AvgIpc) is 2.86. The van der Waals surface area contributed by atoms with Gasteiger partial charge in [-0.15, -0.1) is 0 Å².